The third kappa shape index (κ3) is 6.15. The van der Waals surface area contributed by atoms with Gasteiger partial charge < -0.3 is 15.4 Å². The largest absolute Gasteiger partial charge is 0.377 e. The summed E-state index contributed by atoms with van der Waals surface area (Å²) in [6.45, 7) is 11.4. The zero-order valence-corrected chi connectivity index (χ0v) is 18.5. The predicted octanol–water partition coefficient (Wildman–Crippen LogP) is 3.58. The van der Waals surface area contributed by atoms with E-state index in [1.165, 1.54) is 11.3 Å². The van der Waals surface area contributed by atoms with E-state index in [-0.39, 0.29) is 29.4 Å². The van der Waals surface area contributed by atoms with E-state index < -0.39 is 0 Å². The summed E-state index contributed by atoms with van der Waals surface area (Å²) in [6.07, 6.45) is 2.65. The quantitative estimate of drug-likeness (QED) is 0.405. The minimum absolute atomic E-state index is 0. The van der Waals surface area contributed by atoms with Gasteiger partial charge in [-0.05, 0) is 25.2 Å². The Bertz CT molecular complexity index is 527. The fraction of sp³-hybridized carbons (Fsp3) is 0.765. The van der Waals surface area contributed by atoms with Crippen LogP contribution in [0, 0.1) is 18.3 Å². The highest BCUT2D eigenvalue weighted by molar-refractivity contribution is 14.0. The van der Waals surface area contributed by atoms with Gasteiger partial charge in [-0.25, -0.2) is 4.98 Å². The number of aromatic nitrogens is 1. The molecule has 2 unspecified atom stereocenters. The van der Waals surface area contributed by atoms with Crippen molar-refractivity contribution in [2.75, 3.05) is 20.2 Å². The standard InChI is InChI=1S/C17H30N4OS.HI/c1-12-14(23-11-21-12)10-20-16(18-5)19-9-13-7-6-8-22-15(13)17(2,3)4;/h11,13,15H,6-10H2,1-5H3,(H2,18,19,20);1H. The molecule has 0 saturated carbocycles. The van der Waals surface area contributed by atoms with Crippen LogP contribution in [0.4, 0.5) is 0 Å². The minimum Gasteiger partial charge on any atom is -0.377 e. The second-order valence-corrected chi connectivity index (χ2v) is 8.17. The first-order valence-corrected chi connectivity index (χ1v) is 9.25. The van der Waals surface area contributed by atoms with Crippen molar-refractivity contribution >= 4 is 41.3 Å². The van der Waals surface area contributed by atoms with E-state index in [2.05, 4.69) is 41.4 Å². The Balaban J connectivity index is 0.00000288. The Labute approximate surface area is 167 Å². The van der Waals surface area contributed by atoms with Crippen LogP contribution in [0.15, 0.2) is 10.5 Å². The zero-order chi connectivity index (χ0) is 16.9. The van der Waals surface area contributed by atoms with E-state index >= 15 is 0 Å². The normalized spacial score (nSPS) is 22.0. The first kappa shape index (κ1) is 21.6. The molecule has 0 aromatic carbocycles. The van der Waals surface area contributed by atoms with Crippen molar-refractivity contribution < 1.29 is 4.74 Å². The summed E-state index contributed by atoms with van der Waals surface area (Å²) in [5.41, 5.74) is 3.14. The number of guanidine groups is 1. The molecule has 138 valence electrons. The van der Waals surface area contributed by atoms with Gasteiger partial charge in [-0.1, -0.05) is 20.8 Å². The molecule has 0 bridgehead atoms. The van der Waals surface area contributed by atoms with Crippen LogP contribution in [0.5, 0.6) is 0 Å². The van der Waals surface area contributed by atoms with Gasteiger partial charge in [-0.15, -0.1) is 35.3 Å². The lowest BCUT2D eigenvalue weighted by molar-refractivity contribution is -0.0835. The maximum atomic E-state index is 6.05. The fourth-order valence-electron chi connectivity index (χ4n) is 3.12. The molecule has 5 nitrogen and oxygen atoms in total. The van der Waals surface area contributed by atoms with Crippen LogP contribution in [0.25, 0.3) is 0 Å². The maximum absolute atomic E-state index is 6.05. The maximum Gasteiger partial charge on any atom is 0.191 e. The molecule has 1 aromatic rings. The highest BCUT2D eigenvalue weighted by atomic mass is 127. The lowest BCUT2D eigenvalue weighted by Gasteiger charge is -2.40. The molecule has 1 aromatic heterocycles. The molecule has 0 amide bonds. The van der Waals surface area contributed by atoms with Crippen LogP contribution in [0.3, 0.4) is 0 Å². The average Bonchev–Trinajstić information content (AvgIpc) is 2.92. The lowest BCUT2D eigenvalue weighted by Crippen LogP contribution is -2.47. The van der Waals surface area contributed by atoms with Gasteiger partial charge in [0.1, 0.15) is 0 Å². The summed E-state index contributed by atoms with van der Waals surface area (Å²) in [5, 5.41) is 6.84. The summed E-state index contributed by atoms with van der Waals surface area (Å²) in [5.74, 6) is 1.36. The molecule has 1 saturated heterocycles. The SMILES string of the molecule is CN=C(NCc1scnc1C)NCC1CCCOC1C(C)(C)C.I. The Morgan fingerprint density at radius 3 is 2.75 bits per heavy atom. The van der Waals surface area contributed by atoms with Crippen LogP contribution >= 0.6 is 35.3 Å². The van der Waals surface area contributed by atoms with Gasteiger partial charge in [-0.3, -0.25) is 4.99 Å². The number of nitrogens with one attached hydrogen (secondary N) is 2. The second kappa shape index (κ2) is 9.91. The van der Waals surface area contributed by atoms with Crippen molar-refractivity contribution in [3.63, 3.8) is 0 Å². The monoisotopic (exact) mass is 466 g/mol. The lowest BCUT2D eigenvalue weighted by atomic mass is 9.78. The van der Waals surface area contributed by atoms with E-state index in [0.29, 0.717) is 12.0 Å². The first-order chi connectivity index (χ1) is 10.9. The van der Waals surface area contributed by atoms with Gasteiger partial charge in [0.2, 0.25) is 0 Å². The van der Waals surface area contributed by atoms with Crippen molar-refractivity contribution in [2.45, 2.75) is 53.2 Å². The molecule has 0 aliphatic carbocycles. The molecular weight excluding hydrogens is 435 g/mol. The number of halogens is 1. The van der Waals surface area contributed by atoms with E-state index in [0.717, 1.165) is 37.8 Å². The Morgan fingerprint density at radius 2 is 2.17 bits per heavy atom. The van der Waals surface area contributed by atoms with Crippen LogP contribution in [-0.4, -0.2) is 37.2 Å². The van der Waals surface area contributed by atoms with Crippen molar-refractivity contribution in [1.82, 2.24) is 15.6 Å². The molecule has 2 rings (SSSR count). The van der Waals surface area contributed by atoms with Gasteiger partial charge in [0.05, 0.1) is 23.9 Å². The molecule has 0 radical (unpaired) electrons. The van der Waals surface area contributed by atoms with Crippen LogP contribution < -0.4 is 10.6 Å². The van der Waals surface area contributed by atoms with Gasteiger partial charge in [0, 0.05) is 31.0 Å². The molecule has 2 N–H and O–H groups in total. The number of rotatable bonds is 4. The Hall–Kier alpha value is -0.410. The van der Waals surface area contributed by atoms with E-state index in [1.807, 2.05) is 19.5 Å². The molecule has 2 heterocycles. The minimum atomic E-state index is 0. The number of ether oxygens (including phenoxy) is 1. The van der Waals surface area contributed by atoms with Gasteiger partial charge in [-0.2, -0.15) is 0 Å². The molecule has 1 aliphatic rings. The molecule has 2 atom stereocenters. The molecular formula is C17H31IN4OS. The molecule has 0 spiro atoms. The summed E-state index contributed by atoms with van der Waals surface area (Å²) in [7, 11) is 1.81. The number of nitrogens with zero attached hydrogens (tertiary/aromatic N) is 2. The van der Waals surface area contributed by atoms with Crippen molar-refractivity contribution in [1.29, 1.82) is 0 Å². The molecule has 24 heavy (non-hydrogen) atoms. The van der Waals surface area contributed by atoms with Crippen molar-refractivity contribution in [2.24, 2.45) is 16.3 Å². The van der Waals surface area contributed by atoms with Crippen molar-refractivity contribution in [3.05, 3.63) is 16.1 Å². The highest BCUT2D eigenvalue weighted by Gasteiger charge is 2.35. The van der Waals surface area contributed by atoms with Crippen LogP contribution in [0.2, 0.25) is 0 Å². The first-order valence-electron chi connectivity index (χ1n) is 8.37. The fourth-order valence-corrected chi connectivity index (χ4v) is 3.83. The number of aryl methyl sites for hydroxylation is 1. The van der Waals surface area contributed by atoms with Gasteiger partial charge in [0.25, 0.3) is 0 Å². The average molecular weight is 466 g/mol. The number of hydrogen-bond acceptors (Lipinski definition) is 4. The van der Waals surface area contributed by atoms with E-state index in [9.17, 15) is 0 Å². The smallest absolute Gasteiger partial charge is 0.191 e. The zero-order valence-electron chi connectivity index (χ0n) is 15.4. The van der Waals surface area contributed by atoms with E-state index in [1.54, 1.807) is 11.3 Å². The topological polar surface area (TPSA) is 58.5 Å². The third-order valence-electron chi connectivity index (χ3n) is 4.31. The predicted molar refractivity (Wildman–Crippen MR) is 112 cm³/mol. The Kier molecular flexibility index (Phi) is 8.94. The Morgan fingerprint density at radius 1 is 1.42 bits per heavy atom. The van der Waals surface area contributed by atoms with Gasteiger partial charge >= 0.3 is 0 Å². The molecule has 1 aliphatic heterocycles. The van der Waals surface area contributed by atoms with E-state index in [4.69, 9.17) is 4.74 Å². The third-order valence-corrected chi connectivity index (χ3v) is 5.25. The summed E-state index contributed by atoms with van der Waals surface area (Å²) in [4.78, 5) is 9.86. The van der Waals surface area contributed by atoms with Gasteiger partial charge in [0.15, 0.2) is 5.96 Å². The molecule has 1 fully saturated rings. The number of hydrogen-bond donors (Lipinski definition) is 2. The van der Waals surface area contributed by atoms with Crippen LogP contribution in [-0.2, 0) is 11.3 Å². The van der Waals surface area contributed by atoms with Crippen molar-refractivity contribution in [3.8, 4) is 0 Å². The van der Waals surface area contributed by atoms with Crippen LogP contribution in [0.1, 0.15) is 44.2 Å². The highest BCUT2D eigenvalue weighted by Crippen LogP contribution is 2.33. The summed E-state index contributed by atoms with van der Waals surface area (Å²) < 4.78 is 6.05. The summed E-state index contributed by atoms with van der Waals surface area (Å²) in [6, 6.07) is 0. The number of aliphatic imine (C=N–C) groups is 1. The molecule has 7 heteroatoms. The second-order valence-electron chi connectivity index (χ2n) is 7.23. The summed E-state index contributed by atoms with van der Waals surface area (Å²) >= 11 is 1.68. The number of thiazole rings is 1.